The molecule has 1 N–H and O–H groups in total. The quantitative estimate of drug-likeness (QED) is 0.754. The Morgan fingerprint density at radius 1 is 1.28 bits per heavy atom. The van der Waals surface area contributed by atoms with Gasteiger partial charge in [0.05, 0.1) is 6.20 Å². The van der Waals surface area contributed by atoms with Crippen LogP contribution < -0.4 is 5.32 Å². The van der Waals surface area contributed by atoms with Crippen LogP contribution >= 0.6 is 0 Å². The molecular weight excluding hydrogens is 312 g/mol. The van der Waals surface area contributed by atoms with Crippen molar-refractivity contribution < 1.29 is 9.21 Å². The fourth-order valence-corrected chi connectivity index (χ4v) is 3.70. The number of aryl methyl sites for hydroxylation is 1. The first-order chi connectivity index (χ1) is 12.3. The molecule has 0 bridgehead atoms. The second-order valence-corrected chi connectivity index (χ2v) is 6.99. The molecule has 3 rings (SSSR count). The van der Waals surface area contributed by atoms with Gasteiger partial charge in [0.1, 0.15) is 0 Å². The second kappa shape index (κ2) is 8.84. The highest BCUT2D eigenvalue weighted by Crippen LogP contribution is 2.30. The number of hydrogen-bond acceptors (Lipinski definition) is 3. The Morgan fingerprint density at radius 3 is 2.92 bits per heavy atom. The van der Waals surface area contributed by atoms with E-state index >= 15 is 0 Å². The molecule has 1 aromatic heterocycles. The number of amides is 1. The van der Waals surface area contributed by atoms with Gasteiger partial charge < -0.3 is 9.73 Å². The summed E-state index contributed by atoms with van der Waals surface area (Å²) in [6.45, 7) is 2.22. The van der Waals surface area contributed by atoms with Crippen LogP contribution in [0.1, 0.15) is 57.8 Å². The van der Waals surface area contributed by atoms with Crippen LogP contribution in [0.2, 0.25) is 0 Å². The van der Waals surface area contributed by atoms with E-state index in [4.69, 9.17) is 4.42 Å². The molecule has 4 heteroatoms. The SMILES string of the molecule is CCCCC1CCCC1NC(=O)CCc1ncc(-c2ccccc2)o1. The normalized spacial score (nSPS) is 19.9. The number of nitrogens with one attached hydrogen (secondary N) is 1. The second-order valence-electron chi connectivity index (χ2n) is 6.99. The lowest BCUT2D eigenvalue weighted by molar-refractivity contribution is -0.122. The molecule has 0 spiro atoms. The van der Waals surface area contributed by atoms with E-state index in [1.165, 1.54) is 32.1 Å². The minimum atomic E-state index is 0.118. The van der Waals surface area contributed by atoms with Crippen molar-refractivity contribution in [1.29, 1.82) is 0 Å². The number of unbranched alkanes of at least 4 members (excludes halogenated alkanes) is 1. The fourth-order valence-electron chi connectivity index (χ4n) is 3.70. The van der Waals surface area contributed by atoms with Gasteiger partial charge in [-0.15, -0.1) is 0 Å². The minimum absolute atomic E-state index is 0.118. The van der Waals surface area contributed by atoms with E-state index in [9.17, 15) is 4.79 Å². The van der Waals surface area contributed by atoms with Gasteiger partial charge >= 0.3 is 0 Å². The molecule has 1 saturated carbocycles. The zero-order chi connectivity index (χ0) is 17.5. The Balaban J connectivity index is 1.47. The number of rotatable bonds is 8. The Labute approximate surface area is 150 Å². The molecule has 2 unspecified atom stereocenters. The number of oxazole rings is 1. The van der Waals surface area contributed by atoms with Gasteiger partial charge in [0.15, 0.2) is 11.7 Å². The average molecular weight is 340 g/mol. The zero-order valence-electron chi connectivity index (χ0n) is 15.0. The summed E-state index contributed by atoms with van der Waals surface area (Å²) in [6, 6.07) is 10.3. The fraction of sp³-hybridized carbons (Fsp3) is 0.524. The third-order valence-corrected chi connectivity index (χ3v) is 5.11. The van der Waals surface area contributed by atoms with Crippen molar-refractivity contribution in [1.82, 2.24) is 10.3 Å². The lowest BCUT2D eigenvalue weighted by Gasteiger charge is -2.20. The predicted molar refractivity (Wildman–Crippen MR) is 99.1 cm³/mol. The average Bonchev–Trinajstić information content (AvgIpc) is 3.28. The van der Waals surface area contributed by atoms with E-state index in [2.05, 4.69) is 17.2 Å². The third kappa shape index (κ3) is 4.94. The van der Waals surface area contributed by atoms with Crippen LogP contribution in [0.3, 0.4) is 0 Å². The van der Waals surface area contributed by atoms with Crippen molar-refractivity contribution in [3.8, 4) is 11.3 Å². The van der Waals surface area contributed by atoms with Crippen molar-refractivity contribution >= 4 is 5.91 Å². The van der Waals surface area contributed by atoms with E-state index in [0.717, 1.165) is 17.7 Å². The zero-order valence-corrected chi connectivity index (χ0v) is 15.0. The van der Waals surface area contributed by atoms with E-state index in [1.807, 2.05) is 30.3 Å². The monoisotopic (exact) mass is 340 g/mol. The Kier molecular flexibility index (Phi) is 6.26. The summed E-state index contributed by atoms with van der Waals surface area (Å²) in [5, 5.41) is 3.24. The first-order valence-corrected chi connectivity index (χ1v) is 9.55. The summed E-state index contributed by atoms with van der Waals surface area (Å²) in [7, 11) is 0. The molecule has 0 radical (unpaired) electrons. The van der Waals surface area contributed by atoms with Gasteiger partial charge in [0.25, 0.3) is 0 Å². The van der Waals surface area contributed by atoms with Gasteiger partial charge in [-0.3, -0.25) is 4.79 Å². The van der Waals surface area contributed by atoms with Crippen molar-refractivity contribution in [3.05, 3.63) is 42.4 Å². The van der Waals surface area contributed by atoms with Gasteiger partial charge in [0.2, 0.25) is 5.91 Å². The molecule has 1 fully saturated rings. The number of carbonyl (C=O) groups is 1. The molecule has 4 nitrogen and oxygen atoms in total. The van der Waals surface area contributed by atoms with Gasteiger partial charge in [-0.25, -0.2) is 4.98 Å². The molecule has 1 amide bonds. The van der Waals surface area contributed by atoms with E-state index < -0.39 is 0 Å². The van der Waals surface area contributed by atoms with Crippen LogP contribution in [0, 0.1) is 5.92 Å². The smallest absolute Gasteiger partial charge is 0.220 e. The number of hydrogen-bond donors (Lipinski definition) is 1. The molecule has 1 aliphatic carbocycles. The number of nitrogens with zero attached hydrogens (tertiary/aromatic N) is 1. The summed E-state index contributed by atoms with van der Waals surface area (Å²) in [5.74, 6) is 2.16. The van der Waals surface area contributed by atoms with Crippen molar-refractivity contribution in [2.75, 3.05) is 0 Å². The number of carbonyl (C=O) groups excluding carboxylic acids is 1. The van der Waals surface area contributed by atoms with Crippen LogP contribution in [0.4, 0.5) is 0 Å². The van der Waals surface area contributed by atoms with E-state index in [1.54, 1.807) is 6.20 Å². The summed E-state index contributed by atoms with van der Waals surface area (Å²) >= 11 is 0. The van der Waals surface area contributed by atoms with Gasteiger partial charge in [0, 0.05) is 24.4 Å². The maximum atomic E-state index is 12.3. The van der Waals surface area contributed by atoms with Crippen LogP contribution in [-0.4, -0.2) is 16.9 Å². The highest BCUT2D eigenvalue weighted by atomic mass is 16.4. The lowest BCUT2D eigenvalue weighted by atomic mass is 9.96. The third-order valence-electron chi connectivity index (χ3n) is 5.11. The van der Waals surface area contributed by atoms with Gasteiger partial charge in [-0.05, 0) is 25.2 Å². The topological polar surface area (TPSA) is 55.1 Å². The van der Waals surface area contributed by atoms with Crippen LogP contribution in [0.25, 0.3) is 11.3 Å². The van der Waals surface area contributed by atoms with Crippen LogP contribution in [0.5, 0.6) is 0 Å². The first-order valence-electron chi connectivity index (χ1n) is 9.55. The van der Waals surface area contributed by atoms with Crippen molar-refractivity contribution in [2.45, 2.75) is 64.3 Å². The molecule has 0 aliphatic heterocycles. The lowest BCUT2D eigenvalue weighted by Crippen LogP contribution is -2.37. The minimum Gasteiger partial charge on any atom is -0.441 e. The molecule has 1 heterocycles. The molecule has 2 aromatic rings. The maximum absolute atomic E-state index is 12.3. The molecule has 2 atom stereocenters. The Hall–Kier alpha value is -2.10. The van der Waals surface area contributed by atoms with Gasteiger partial charge in [-0.2, -0.15) is 0 Å². The summed E-state index contributed by atoms with van der Waals surface area (Å²) in [5.41, 5.74) is 1.01. The maximum Gasteiger partial charge on any atom is 0.220 e. The van der Waals surface area contributed by atoms with Gasteiger partial charge in [-0.1, -0.05) is 56.5 Å². The molecule has 1 aliphatic rings. The molecule has 134 valence electrons. The van der Waals surface area contributed by atoms with E-state index in [-0.39, 0.29) is 5.91 Å². The van der Waals surface area contributed by atoms with E-state index in [0.29, 0.717) is 30.7 Å². The highest BCUT2D eigenvalue weighted by molar-refractivity contribution is 5.76. The Morgan fingerprint density at radius 2 is 2.12 bits per heavy atom. The molecule has 25 heavy (non-hydrogen) atoms. The first kappa shape index (κ1) is 17.7. The number of benzene rings is 1. The summed E-state index contributed by atoms with van der Waals surface area (Å²) < 4.78 is 5.77. The van der Waals surface area contributed by atoms with Crippen LogP contribution in [0.15, 0.2) is 40.9 Å². The van der Waals surface area contributed by atoms with Crippen molar-refractivity contribution in [2.24, 2.45) is 5.92 Å². The standard InChI is InChI=1S/C21H28N2O2/c1-2-3-8-16-11-7-12-18(16)23-20(24)13-14-21-22-15-19(25-21)17-9-5-4-6-10-17/h4-6,9-10,15-16,18H,2-3,7-8,11-14H2,1H3,(H,23,24). The summed E-state index contributed by atoms with van der Waals surface area (Å²) in [4.78, 5) is 16.6. The molecular formula is C21H28N2O2. The highest BCUT2D eigenvalue weighted by Gasteiger charge is 2.27. The van der Waals surface area contributed by atoms with Crippen LogP contribution in [-0.2, 0) is 11.2 Å². The molecule has 1 aromatic carbocycles. The largest absolute Gasteiger partial charge is 0.441 e. The molecule has 0 saturated heterocycles. The van der Waals surface area contributed by atoms with Crippen molar-refractivity contribution in [3.63, 3.8) is 0 Å². The Bertz CT molecular complexity index is 666. The number of aromatic nitrogens is 1. The summed E-state index contributed by atoms with van der Waals surface area (Å²) in [6.07, 6.45) is 10.1. The predicted octanol–water partition coefficient (Wildman–Crippen LogP) is 4.75.